The number of nitrogens with zero attached hydrogens (tertiary/aromatic N) is 1. The Labute approximate surface area is 144 Å². The third kappa shape index (κ3) is 6.78. The molecule has 0 atom stereocenters. The summed E-state index contributed by atoms with van der Waals surface area (Å²) in [5.41, 5.74) is 8.03. The molecule has 0 fully saturated rings. The van der Waals surface area contributed by atoms with E-state index in [0.29, 0.717) is 0 Å². The molecule has 0 saturated heterocycles. The van der Waals surface area contributed by atoms with Gasteiger partial charge < -0.3 is 0 Å². The molecular weight excluding hydrogens is 330 g/mol. The molecule has 0 heterocycles. The summed E-state index contributed by atoms with van der Waals surface area (Å²) in [7, 11) is -0.877. The molecule has 2 aliphatic carbocycles. The van der Waals surface area contributed by atoms with E-state index < -0.39 is 10.2 Å². The molecule has 0 aromatic rings. The molecule has 0 radical (unpaired) electrons. The minimum atomic E-state index is -4.94. The standard InChI is InChI=1S/C18H22N.ClHO4/c1-13-11-14(2)17-9-8-16(7-6-10-19(4)5)18(17)15(3)12-13;2-1(3,4)5/h6-12H,1-5H3;(H,2,3,4,5)/q+1;/p-1/b7-6+;. The Kier molecular flexibility index (Phi) is 7.08. The van der Waals surface area contributed by atoms with Gasteiger partial charge >= 0.3 is 0 Å². The molecule has 5 nitrogen and oxygen atoms in total. The highest BCUT2D eigenvalue weighted by Gasteiger charge is 2.12. The zero-order chi connectivity index (χ0) is 18.5. The van der Waals surface area contributed by atoms with Crippen LogP contribution < -0.4 is 18.6 Å². The summed E-state index contributed by atoms with van der Waals surface area (Å²) in [5.74, 6) is 0. The molecule has 2 rings (SSSR count). The monoisotopic (exact) mass is 351 g/mol. The lowest BCUT2D eigenvalue weighted by atomic mass is 10.0. The zero-order valence-electron chi connectivity index (χ0n) is 14.5. The molecule has 0 bridgehead atoms. The molecule has 130 valence electrons. The van der Waals surface area contributed by atoms with Crippen LogP contribution in [-0.2, 0) is 0 Å². The van der Waals surface area contributed by atoms with E-state index in [9.17, 15) is 0 Å². The first-order valence-corrected chi connectivity index (χ1v) is 8.52. The average Bonchev–Trinajstić information content (AvgIpc) is 2.75. The quantitative estimate of drug-likeness (QED) is 0.529. The van der Waals surface area contributed by atoms with Crippen molar-refractivity contribution < 1.29 is 33.5 Å². The fourth-order valence-electron chi connectivity index (χ4n) is 2.60. The van der Waals surface area contributed by atoms with Gasteiger partial charge in [-0.3, -0.25) is 0 Å². The first-order valence-electron chi connectivity index (χ1n) is 7.29. The van der Waals surface area contributed by atoms with E-state index in [2.05, 4.69) is 63.4 Å². The predicted molar refractivity (Wildman–Crippen MR) is 84.5 cm³/mol. The maximum absolute atomic E-state index is 8.49. The van der Waals surface area contributed by atoms with Crippen LogP contribution in [0.15, 0.2) is 30.3 Å². The topological polar surface area (TPSA) is 95.2 Å². The first-order chi connectivity index (χ1) is 11.0. The van der Waals surface area contributed by atoms with Gasteiger partial charge in [-0.1, -0.05) is 29.8 Å². The van der Waals surface area contributed by atoms with Gasteiger partial charge in [0, 0.05) is 6.08 Å². The van der Waals surface area contributed by atoms with Crippen LogP contribution in [0.25, 0.3) is 17.2 Å². The number of aryl methyl sites for hydroxylation is 3. The third-order valence-electron chi connectivity index (χ3n) is 3.36. The summed E-state index contributed by atoms with van der Waals surface area (Å²) in [6.45, 7) is 6.55. The number of hydrogen-bond donors (Lipinski definition) is 0. The minimum absolute atomic E-state index is 1.30. The Morgan fingerprint density at radius 2 is 1.46 bits per heavy atom. The highest BCUT2D eigenvalue weighted by molar-refractivity contribution is 5.86. The van der Waals surface area contributed by atoms with Crippen molar-refractivity contribution in [2.24, 2.45) is 0 Å². The minimum Gasteiger partial charge on any atom is -0.241 e. The Balaban J connectivity index is 0.000000505. The molecule has 0 N–H and O–H groups in total. The van der Waals surface area contributed by atoms with E-state index >= 15 is 0 Å². The van der Waals surface area contributed by atoms with Crippen LogP contribution in [0.1, 0.15) is 22.3 Å². The predicted octanol–water partition coefficient (Wildman–Crippen LogP) is -0.683. The highest BCUT2D eigenvalue weighted by atomic mass is 35.7. The molecule has 0 spiro atoms. The van der Waals surface area contributed by atoms with E-state index in [1.54, 1.807) is 0 Å². The van der Waals surface area contributed by atoms with Gasteiger partial charge in [-0.2, -0.15) is 0 Å². The number of fused-ring (bicyclic) bond motifs is 1. The second-order valence-electron chi connectivity index (χ2n) is 5.83. The van der Waals surface area contributed by atoms with Crippen molar-refractivity contribution in [2.45, 2.75) is 20.8 Å². The average molecular weight is 352 g/mol. The van der Waals surface area contributed by atoms with Gasteiger partial charge in [0.15, 0.2) is 6.21 Å². The van der Waals surface area contributed by atoms with Gasteiger partial charge in [0.05, 0.1) is 0 Å². The van der Waals surface area contributed by atoms with Gasteiger partial charge in [0.1, 0.15) is 14.1 Å². The summed E-state index contributed by atoms with van der Waals surface area (Å²) in [4.78, 5) is 0. The van der Waals surface area contributed by atoms with Crippen molar-refractivity contribution in [3.8, 4) is 11.1 Å². The van der Waals surface area contributed by atoms with E-state index in [0.717, 1.165) is 0 Å². The van der Waals surface area contributed by atoms with Gasteiger partial charge in [-0.25, -0.2) is 23.2 Å². The fraction of sp³-hybridized carbons (Fsp3) is 0.278. The Morgan fingerprint density at radius 3 is 2.00 bits per heavy atom. The van der Waals surface area contributed by atoms with Crippen LogP contribution in [0.2, 0.25) is 0 Å². The Hall–Kier alpha value is -1.76. The second kappa shape index (κ2) is 8.37. The first kappa shape index (κ1) is 20.3. The lowest BCUT2D eigenvalue weighted by Gasteiger charge is -2.17. The molecule has 2 aliphatic rings. The summed E-state index contributed by atoms with van der Waals surface area (Å²) in [5, 5.41) is 0. The van der Waals surface area contributed by atoms with Crippen molar-refractivity contribution in [2.75, 3.05) is 14.1 Å². The second-order valence-corrected chi connectivity index (χ2v) is 6.58. The lowest BCUT2D eigenvalue weighted by Crippen LogP contribution is -2.68. The number of rotatable bonds is 2. The summed E-state index contributed by atoms with van der Waals surface area (Å²) in [6, 6.07) is 8.96. The SMILES string of the molecule is Cc1cc(C)c2ccc(/C=C/C=[N+](C)C)c-2c(C)c1.[O-][Cl+3]([O-])([O-])[O-]. The van der Waals surface area contributed by atoms with Crippen molar-refractivity contribution >= 4 is 12.3 Å². The van der Waals surface area contributed by atoms with Crippen LogP contribution in [-0.4, -0.2) is 24.9 Å². The number of halogens is 1. The van der Waals surface area contributed by atoms with E-state index in [1.165, 1.54) is 33.4 Å². The maximum atomic E-state index is 8.49. The Bertz CT molecular complexity index is 723. The molecule has 24 heavy (non-hydrogen) atoms. The summed E-state index contributed by atoms with van der Waals surface area (Å²) in [6.07, 6.45) is 6.35. The molecular formula is C18H22ClNO4. The van der Waals surface area contributed by atoms with Crippen LogP contribution in [0, 0.1) is 31.0 Å². The Morgan fingerprint density at radius 1 is 0.917 bits per heavy atom. The van der Waals surface area contributed by atoms with E-state index in [1.807, 2.05) is 18.7 Å². The third-order valence-corrected chi connectivity index (χ3v) is 3.36. The molecule has 0 saturated carbocycles. The largest absolute Gasteiger partial charge is 0.241 e. The zero-order valence-corrected chi connectivity index (χ0v) is 15.3. The van der Waals surface area contributed by atoms with E-state index in [-0.39, 0.29) is 0 Å². The maximum Gasteiger partial charge on any atom is 0.162 e. The fourth-order valence-corrected chi connectivity index (χ4v) is 2.60. The highest BCUT2D eigenvalue weighted by Crippen LogP contribution is 2.34. The molecule has 6 heteroatoms. The van der Waals surface area contributed by atoms with Crippen LogP contribution in [0.3, 0.4) is 0 Å². The van der Waals surface area contributed by atoms with Gasteiger partial charge in [0.2, 0.25) is 0 Å². The van der Waals surface area contributed by atoms with Crippen molar-refractivity contribution in [3.63, 3.8) is 0 Å². The van der Waals surface area contributed by atoms with Crippen molar-refractivity contribution in [1.29, 1.82) is 0 Å². The molecule has 0 aromatic heterocycles. The molecule has 0 aromatic carbocycles. The van der Waals surface area contributed by atoms with Gasteiger partial charge in [0.25, 0.3) is 0 Å². The molecule has 0 amide bonds. The van der Waals surface area contributed by atoms with Crippen molar-refractivity contribution in [1.82, 2.24) is 0 Å². The lowest BCUT2D eigenvalue weighted by molar-refractivity contribution is -2.00. The normalized spacial score (nSPS) is 11.4. The van der Waals surface area contributed by atoms with Gasteiger partial charge in [-0.05, 0) is 54.7 Å². The van der Waals surface area contributed by atoms with Crippen LogP contribution in [0.4, 0.5) is 0 Å². The molecule has 0 aliphatic heterocycles. The van der Waals surface area contributed by atoms with E-state index in [4.69, 9.17) is 18.6 Å². The van der Waals surface area contributed by atoms with Crippen LogP contribution in [0.5, 0.6) is 0 Å². The molecule has 0 unspecified atom stereocenters. The van der Waals surface area contributed by atoms with Crippen molar-refractivity contribution in [3.05, 3.63) is 52.6 Å². The summed E-state index contributed by atoms with van der Waals surface area (Å²) >= 11 is 0. The summed E-state index contributed by atoms with van der Waals surface area (Å²) < 4.78 is 36.0. The smallest absolute Gasteiger partial charge is 0.162 e. The number of allylic oxidation sites excluding steroid dienone is 1. The number of hydrogen-bond acceptors (Lipinski definition) is 4. The van der Waals surface area contributed by atoms with Crippen LogP contribution >= 0.6 is 0 Å². The van der Waals surface area contributed by atoms with Gasteiger partial charge in [-0.15, -0.1) is 10.2 Å².